The fourth-order valence-electron chi connectivity index (χ4n) is 1.54. The predicted octanol–water partition coefficient (Wildman–Crippen LogP) is 1.31. The molecule has 0 fully saturated rings. The summed E-state index contributed by atoms with van der Waals surface area (Å²) in [4.78, 5) is 1.75. The summed E-state index contributed by atoms with van der Waals surface area (Å²) in [6.45, 7) is 4.59. The van der Waals surface area contributed by atoms with Crippen LogP contribution in [0.4, 0.5) is 0 Å². The second-order valence-electron chi connectivity index (χ2n) is 3.66. The van der Waals surface area contributed by atoms with Gasteiger partial charge in [-0.05, 0) is 32.5 Å². The Balaban J connectivity index is 2.77. The van der Waals surface area contributed by atoms with E-state index in [0.29, 0.717) is 11.7 Å². The van der Waals surface area contributed by atoms with Crippen molar-refractivity contribution < 1.29 is 4.74 Å². The Morgan fingerprint density at radius 2 is 2.38 bits per heavy atom. The first kappa shape index (κ1) is 13.0. The number of rotatable bonds is 4. The molecule has 0 aromatic heterocycles. The van der Waals surface area contributed by atoms with Gasteiger partial charge in [-0.25, -0.2) is 0 Å². The molecule has 1 atom stereocenters. The number of nitrogens with two attached hydrogens (primary N) is 1. The minimum atomic E-state index is -0.230. The smallest absolute Gasteiger partial charge is 0.172 e. The lowest BCUT2D eigenvalue weighted by Gasteiger charge is -2.32. The number of hydrogen-bond donors (Lipinski definition) is 2. The van der Waals surface area contributed by atoms with Crippen molar-refractivity contribution in [3.63, 3.8) is 0 Å². The molecule has 0 saturated heterocycles. The lowest BCUT2D eigenvalue weighted by molar-refractivity contribution is 0.0136. The molecule has 0 radical (unpaired) electrons. The van der Waals surface area contributed by atoms with Crippen LogP contribution in [-0.2, 0) is 4.74 Å². The number of dihydropyridines is 1. The van der Waals surface area contributed by atoms with Crippen molar-refractivity contribution >= 4 is 17.3 Å². The van der Waals surface area contributed by atoms with Crippen LogP contribution in [0.15, 0.2) is 23.5 Å². The minimum Gasteiger partial charge on any atom is -0.376 e. The maximum Gasteiger partial charge on any atom is 0.172 e. The fourth-order valence-corrected chi connectivity index (χ4v) is 1.63. The van der Waals surface area contributed by atoms with E-state index in [1.165, 1.54) is 0 Å². The molecule has 1 aliphatic heterocycles. The molecular weight excluding hydrogens is 222 g/mol. The Hall–Kier alpha value is -1.07. The average molecular weight is 241 g/mol. The van der Waals surface area contributed by atoms with E-state index >= 15 is 0 Å². The third kappa shape index (κ3) is 3.21. The van der Waals surface area contributed by atoms with E-state index in [1.54, 1.807) is 4.90 Å². The fraction of sp³-hybridized carbons (Fsp3) is 0.545. The maximum atomic E-state index is 5.65. The van der Waals surface area contributed by atoms with E-state index in [-0.39, 0.29) is 6.23 Å². The van der Waals surface area contributed by atoms with Crippen LogP contribution in [0.3, 0.4) is 0 Å². The molecule has 1 unspecified atom stereocenters. The van der Waals surface area contributed by atoms with Crippen LogP contribution in [-0.4, -0.2) is 29.9 Å². The summed E-state index contributed by atoms with van der Waals surface area (Å²) in [6, 6.07) is 0. The largest absolute Gasteiger partial charge is 0.376 e. The number of thiocarbonyl (C=S) groups is 1. The molecule has 0 bridgehead atoms. The number of ether oxygens (including phenoxy) is 1. The molecule has 0 amide bonds. The lowest BCUT2D eigenvalue weighted by Crippen LogP contribution is -2.46. The van der Waals surface area contributed by atoms with E-state index in [1.807, 2.05) is 20.9 Å². The number of nitrogens with one attached hydrogen (secondary N) is 1. The Labute approximate surface area is 102 Å². The quantitative estimate of drug-likeness (QED) is 0.574. The maximum absolute atomic E-state index is 5.65. The second-order valence-corrected chi connectivity index (χ2v) is 4.08. The van der Waals surface area contributed by atoms with Gasteiger partial charge in [0.05, 0.1) is 5.70 Å². The van der Waals surface area contributed by atoms with Crippen molar-refractivity contribution in [2.75, 3.05) is 13.7 Å². The first-order chi connectivity index (χ1) is 7.56. The number of hydrogen-bond acceptors (Lipinski definition) is 3. The summed E-state index contributed by atoms with van der Waals surface area (Å²) >= 11 is 4.96. The molecule has 0 aromatic rings. The predicted molar refractivity (Wildman–Crippen MR) is 69.6 cm³/mol. The zero-order chi connectivity index (χ0) is 12.1. The van der Waals surface area contributed by atoms with Gasteiger partial charge in [0.15, 0.2) is 11.3 Å². The van der Waals surface area contributed by atoms with Gasteiger partial charge >= 0.3 is 0 Å². The van der Waals surface area contributed by atoms with Gasteiger partial charge in [0.2, 0.25) is 0 Å². The zero-order valence-electron chi connectivity index (χ0n) is 9.99. The highest BCUT2D eigenvalue weighted by atomic mass is 32.1. The van der Waals surface area contributed by atoms with E-state index in [9.17, 15) is 0 Å². The van der Waals surface area contributed by atoms with Gasteiger partial charge in [-0.1, -0.05) is 12.2 Å². The van der Waals surface area contributed by atoms with Gasteiger partial charge in [-0.15, -0.1) is 0 Å². The van der Waals surface area contributed by atoms with Gasteiger partial charge in [-0.3, -0.25) is 0 Å². The van der Waals surface area contributed by atoms with Crippen molar-refractivity contribution in [2.24, 2.45) is 5.73 Å². The van der Waals surface area contributed by atoms with Gasteiger partial charge in [0, 0.05) is 19.4 Å². The molecule has 0 aliphatic carbocycles. The summed E-state index contributed by atoms with van der Waals surface area (Å²) in [5.74, 6) is 0. The SMILES string of the molecule is CCOC(C1=CCC=C(C)N1)N(C)C(N)=S. The highest BCUT2D eigenvalue weighted by Crippen LogP contribution is 2.15. The van der Waals surface area contributed by atoms with E-state index in [0.717, 1.165) is 17.8 Å². The third-order valence-corrected chi connectivity index (χ3v) is 2.68. The van der Waals surface area contributed by atoms with Crippen molar-refractivity contribution in [2.45, 2.75) is 26.5 Å². The van der Waals surface area contributed by atoms with E-state index in [4.69, 9.17) is 22.7 Å². The summed E-state index contributed by atoms with van der Waals surface area (Å²) in [5.41, 5.74) is 7.74. The number of allylic oxidation sites excluding steroid dienone is 3. The number of likely N-dealkylation sites (N-methyl/N-ethyl adjacent to an activating group) is 1. The topological polar surface area (TPSA) is 50.5 Å². The summed E-state index contributed by atoms with van der Waals surface area (Å²) in [5, 5.41) is 3.60. The molecule has 4 nitrogen and oxygen atoms in total. The van der Waals surface area contributed by atoms with Crippen LogP contribution in [0.25, 0.3) is 0 Å². The Bertz CT molecular complexity index is 325. The van der Waals surface area contributed by atoms with Crippen LogP contribution in [0, 0.1) is 0 Å². The summed E-state index contributed by atoms with van der Waals surface area (Å²) in [6.07, 6.45) is 4.88. The molecule has 3 N–H and O–H groups in total. The summed E-state index contributed by atoms with van der Waals surface area (Å²) in [7, 11) is 1.83. The zero-order valence-corrected chi connectivity index (χ0v) is 10.8. The van der Waals surface area contributed by atoms with Gasteiger partial charge < -0.3 is 20.7 Å². The van der Waals surface area contributed by atoms with Gasteiger partial charge in [0.25, 0.3) is 0 Å². The van der Waals surface area contributed by atoms with Crippen LogP contribution in [0.2, 0.25) is 0 Å². The van der Waals surface area contributed by atoms with Crippen LogP contribution >= 0.6 is 12.2 Å². The first-order valence-corrected chi connectivity index (χ1v) is 5.74. The highest BCUT2D eigenvalue weighted by molar-refractivity contribution is 7.80. The average Bonchev–Trinajstić information content (AvgIpc) is 2.24. The van der Waals surface area contributed by atoms with Crippen molar-refractivity contribution in [1.29, 1.82) is 0 Å². The molecule has 5 heteroatoms. The molecule has 1 rings (SSSR count). The van der Waals surface area contributed by atoms with Crippen molar-refractivity contribution in [3.8, 4) is 0 Å². The van der Waals surface area contributed by atoms with Crippen molar-refractivity contribution in [1.82, 2.24) is 10.2 Å². The molecule has 0 aromatic carbocycles. The van der Waals surface area contributed by atoms with Gasteiger partial charge in [0.1, 0.15) is 0 Å². The molecule has 16 heavy (non-hydrogen) atoms. The van der Waals surface area contributed by atoms with Gasteiger partial charge in [-0.2, -0.15) is 0 Å². The highest BCUT2D eigenvalue weighted by Gasteiger charge is 2.21. The standard InChI is InChI=1S/C11H19N3OS/c1-4-15-10(14(3)11(12)16)9-7-5-6-8(2)13-9/h6-7,10,13H,4-5H2,1-3H3,(H2,12,16). The molecule has 90 valence electrons. The first-order valence-electron chi connectivity index (χ1n) is 5.34. The van der Waals surface area contributed by atoms with E-state index in [2.05, 4.69) is 17.5 Å². The Kier molecular flexibility index (Phi) is 4.76. The molecule has 0 saturated carbocycles. The van der Waals surface area contributed by atoms with Crippen LogP contribution in [0.5, 0.6) is 0 Å². The lowest BCUT2D eigenvalue weighted by atomic mass is 10.2. The Morgan fingerprint density at radius 1 is 1.69 bits per heavy atom. The van der Waals surface area contributed by atoms with E-state index < -0.39 is 0 Å². The van der Waals surface area contributed by atoms with Crippen LogP contribution in [0.1, 0.15) is 20.3 Å². The molecular formula is C11H19N3OS. The Morgan fingerprint density at radius 3 is 2.88 bits per heavy atom. The molecule has 0 spiro atoms. The van der Waals surface area contributed by atoms with Crippen LogP contribution < -0.4 is 11.1 Å². The second kappa shape index (κ2) is 5.86. The third-order valence-electron chi connectivity index (χ3n) is 2.39. The summed E-state index contributed by atoms with van der Waals surface area (Å²) < 4.78 is 5.65. The monoisotopic (exact) mass is 241 g/mol. The molecule has 1 heterocycles. The minimum absolute atomic E-state index is 0.230. The van der Waals surface area contributed by atoms with Crippen molar-refractivity contribution in [3.05, 3.63) is 23.5 Å². The number of nitrogens with zero attached hydrogens (tertiary/aromatic N) is 1. The normalized spacial score (nSPS) is 16.9. The molecule has 1 aliphatic rings.